The van der Waals surface area contributed by atoms with Gasteiger partial charge < -0.3 is 9.64 Å². The third kappa shape index (κ3) is 4.30. The number of carbonyl (C=O) groups excluding carboxylic acids is 2. The number of carbonyl (C=O) groups is 2. The van der Waals surface area contributed by atoms with Crippen LogP contribution in [0.1, 0.15) is 34.8 Å². The maximum absolute atomic E-state index is 13.5. The van der Waals surface area contributed by atoms with Crippen molar-refractivity contribution in [1.82, 2.24) is 0 Å². The lowest BCUT2D eigenvalue weighted by Crippen LogP contribution is -2.38. The van der Waals surface area contributed by atoms with E-state index < -0.39 is 22.6 Å². The minimum absolute atomic E-state index is 0.00628. The number of nitrogens with zero attached hydrogens (tertiary/aromatic N) is 2. The predicted molar refractivity (Wildman–Crippen MR) is 133 cm³/mol. The standard InChI is InChI=1S/C27H26N2O5S/c1-19-16-21-9-3-5-14-25(21)29(19)35(32,33)23-12-6-10-22(17-23)27(31)34-18-26(30)28-15-7-11-20-8-2-4-13-24(20)28/h2-6,8-10,12-14,17,19H,7,11,15-16,18H2,1H3/t19-/m1/s1. The lowest BCUT2D eigenvalue weighted by Gasteiger charge is -2.29. The van der Waals surface area contributed by atoms with Gasteiger partial charge in [0, 0.05) is 18.3 Å². The van der Waals surface area contributed by atoms with Crippen LogP contribution in [0.5, 0.6) is 0 Å². The molecule has 35 heavy (non-hydrogen) atoms. The molecule has 0 aromatic heterocycles. The number of para-hydroxylation sites is 2. The van der Waals surface area contributed by atoms with E-state index in [4.69, 9.17) is 4.74 Å². The zero-order chi connectivity index (χ0) is 24.6. The highest BCUT2D eigenvalue weighted by Gasteiger charge is 2.36. The molecular formula is C27H26N2O5S. The summed E-state index contributed by atoms with van der Waals surface area (Å²) in [6.07, 6.45) is 2.37. The molecule has 2 aliphatic heterocycles. The predicted octanol–water partition coefficient (Wildman–Crippen LogP) is 3.96. The molecule has 7 nitrogen and oxygen atoms in total. The second-order valence-electron chi connectivity index (χ2n) is 8.86. The van der Waals surface area contributed by atoms with Gasteiger partial charge in [-0.15, -0.1) is 0 Å². The number of sulfonamides is 1. The Balaban J connectivity index is 1.31. The number of anilines is 2. The first kappa shape index (κ1) is 23.1. The second kappa shape index (κ2) is 9.19. The van der Waals surface area contributed by atoms with E-state index in [1.54, 1.807) is 11.0 Å². The van der Waals surface area contributed by atoms with E-state index in [0.29, 0.717) is 18.7 Å². The quantitative estimate of drug-likeness (QED) is 0.506. The molecule has 0 N–H and O–H groups in total. The first-order chi connectivity index (χ1) is 16.9. The maximum Gasteiger partial charge on any atom is 0.338 e. The molecule has 0 fully saturated rings. The van der Waals surface area contributed by atoms with Gasteiger partial charge in [-0.3, -0.25) is 9.10 Å². The number of hydrogen-bond acceptors (Lipinski definition) is 5. The van der Waals surface area contributed by atoms with Crippen LogP contribution in [-0.2, 0) is 32.4 Å². The van der Waals surface area contributed by atoms with Crippen molar-refractivity contribution >= 4 is 33.3 Å². The molecule has 0 radical (unpaired) electrons. The fraction of sp³-hybridized carbons (Fsp3) is 0.259. The molecular weight excluding hydrogens is 464 g/mol. The fourth-order valence-electron chi connectivity index (χ4n) is 4.88. The molecule has 0 bridgehead atoms. The summed E-state index contributed by atoms with van der Waals surface area (Å²) < 4.78 is 33.7. The lowest BCUT2D eigenvalue weighted by atomic mass is 10.0. The summed E-state index contributed by atoms with van der Waals surface area (Å²) in [5, 5.41) is 0. The molecule has 0 spiro atoms. The summed E-state index contributed by atoms with van der Waals surface area (Å²) in [6.45, 7) is 2.01. The van der Waals surface area contributed by atoms with Gasteiger partial charge in [-0.05, 0) is 67.6 Å². The smallest absolute Gasteiger partial charge is 0.338 e. The molecule has 0 unspecified atom stereocenters. The van der Waals surface area contributed by atoms with Gasteiger partial charge >= 0.3 is 5.97 Å². The van der Waals surface area contributed by atoms with Gasteiger partial charge in [-0.1, -0.05) is 42.5 Å². The van der Waals surface area contributed by atoms with Crippen LogP contribution in [0.15, 0.2) is 77.7 Å². The minimum Gasteiger partial charge on any atom is -0.452 e. The number of aryl methyl sites for hydroxylation is 1. The Morgan fingerprint density at radius 1 is 0.943 bits per heavy atom. The van der Waals surface area contributed by atoms with Crippen LogP contribution in [-0.4, -0.2) is 39.5 Å². The number of hydrogen-bond donors (Lipinski definition) is 0. The topological polar surface area (TPSA) is 84.0 Å². The molecule has 0 saturated carbocycles. The minimum atomic E-state index is -3.89. The Labute approximate surface area is 205 Å². The molecule has 8 heteroatoms. The van der Waals surface area contributed by atoms with E-state index in [1.807, 2.05) is 49.4 Å². The van der Waals surface area contributed by atoms with Crippen LogP contribution in [0.3, 0.4) is 0 Å². The molecule has 5 rings (SSSR count). The van der Waals surface area contributed by atoms with Crippen LogP contribution >= 0.6 is 0 Å². The van der Waals surface area contributed by atoms with Crippen molar-refractivity contribution in [2.45, 2.75) is 37.1 Å². The number of fused-ring (bicyclic) bond motifs is 2. The van der Waals surface area contributed by atoms with Crippen LogP contribution in [0.25, 0.3) is 0 Å². The van der Waals surface area contributed by atoms with Gasteiger partial charge in [-0.25, -0.2) is 13.2 Å². The Morgan fingerprint density at radius 3 is 2.46 bits per heavy atom. The highest BCUT2D eigenvalue weighted by Crippen LogP contribution is 2.36. The SMILES string of the molecule is C[C@@H]1Cc2ccccc2N1S(=O)(=O)c1cccc(C(=O)OCC(=O)N2CCCc3ccccc32)c1. The molecule has 0 aliphatic carbocycles. The van der Waals surface area contributed by atoms with Gasteiger partial charge in [0.1, 0.15) is 0 Å². The Hall–Kier alpha value is -3.65. The third-order valence-electron chi connectivity index (χ3n) is 6.51. The van der Waals surface area contributed by atoms with Crippen molar-refractivity contribution in [2.24, 2.45) is 0 Å². The zero-order valence-corrected chi connectivity index (χ0v) is 20.2. The monoisotopic (exact) mass is 490 g/mol. The first-order valence-electron chi connectivity index (χ1n) is 11.6. The normalized spacial score (nSPS) is 17.0. The van der Waals surface area contributed by atoms with Crippen molar-refractivity contribution < 1.29 is 22.7 Å². The Kier molecular flexibility index (Phi) is 6.06. The fourth-order valence-corrected chi connectivity index (χ4v) is 6.62. The molecule has 1 atom stereocenters. The van der Waals surface area contributed by atoms with Crippen molar-refractivity contribution in [3.63, 3.8) is 0 Å². The second-order valence-corrected chi connectivity index (χ2v) is 10.7. The van der Waals surface area contributed by atoms with Crippen LogP contribution < -0.4 is 9.21 Å². The van der Waals surface area contributed by atoms with Crippen molar-refractivity contribution in [2.75, 3.05) is 22.4 Å². The Morgan fingerprint density at radius 2 is 1.66 bits per heavy atom. The number of amides is 1. The summed E-state index contributed by atoms with van der Waals surface area (Å²) in [7, 11) is -3.89. The first-order valence-corrected chi connectivity index (χ1v) is 13.1. The average molecular weight is 491 g/mol. The zero-order valence-electron chi connectivity index (χ0n) is 19.4. The molecule has 180 valence electrons. The Bertz CT molecular complexity index is 1400. The lowest BCUT2D eigenvalue weighted by molar-refractivity contribution is -0.121. The highest BCUT2D eigenvalue weighted by molar-refractivity contribution is 7.92. The number of esters is 1. The van der Waals surface area contributed by atoms with Gasteiger partial charge in [-0.2, -0.15) is 0 Å². The van der Waals surface area contributed by atoms with Crippen molar-refractivity contribution in [1.29, 1.82) is 0 Å². The van der Waals surface area contributed by atoms with Crippen molar-refractivity contribution in [3.8, 4) is 0 Å². The van der Waals surface area contributed by atoms with E-state index in [9.17, 15) is 18.0 Å². The summed E-state index contributed by atoms with van der Waals surface area (Å²) >= 11 is 0. The summed E-state index contributed by atoms with van der Waals surface area (Å²) in [4.78, 5) is 27.2. The van der Waals surface area contributed by atoms with Gasteiger partial charge in [0.25, 0.3) is 15.9 Å². The molecule has 0 saturated heterocycles. The van der Waals surface area contributed by atoms with Gasteiger partial charge in [0.05, 0.1) is 16.1 Å². The van der Waals surface area contributed by atoms with Gasteiger partial charge in [0.2, 0.25) is 0 Å². The van der Waals surface area contributed by atoms with Crippen LogP contribution in [0, 0.1) is 0 Å². The largest absolute Gasteiger partial charge is 0.452 e. The molecule has 2 aliphatic rings. The van der Waals surface area contributed by atoms with E-state index in [1.165, 1.54) is 28.6 Å². The maximum atomic E-state index is 13.5. The number of benzene rings is 3. The van der Waals surface area contributed by atoms with Gasteiger partial charge in [0.15, 0.2) is 6.61 Å². The third-order valence-corrected chi connectivity index (χ3v) is 8.43. The summed E-state index contributed by atoms with van der Waals surface area (Å²) in [6, 6.07) is 20.7. The molecule has 3 aromatic carbocycles. The number of rotatable bonds is 5. The summed E-state index contributed by atoms with van der Waals surface area (Å²) in [5.41, 5.74) is 3.64. The van der Waals surface area contributed by atoms with E-state index >= 15 is 0 Å². The molecule has 2 heterocycles. The molecule has 1 amide bonds. The van der Waals surface area contributed by atoms with Crippen LogP contribution in [0.4, 0.5) is 11.4 Å². The van der Waals surface area contributed by atoms with E-state index in [2.05, 4.69) is 0 Å². The summed E-state index contributed by atoms with van der Waals surface area (Å²) in [5.74, 6) is -1.05. The number of ether oxygens (including phenoxy) is 1. The van der Waals surface area contributed by atoms with E-state index in [0.717, 1.165) is 29.7 Å². The van der Waals surface area contributed by atoms with Crippen molar-refractivity contribution in [3.05, 3.63) is 89.5 Å². The molecule has 3 aromatic rings. The average Bonchev–Trinajstić information content (AvgIpc) is 3.23. The highest BCUT2D eigenvalue weighted by atomic mass is 32.2. The van der Waals surface area contributed by atoms with Crippen LogP contribution in [0.2, 0.25) is 0 Å². The van der Waals surface area contributed by atoms with E-state index in [-0.39, 0.29) is 22.4 Å².